The van der Waals surface area contributed by atoms with Crippen LogP contribution < -0.4 is 15.4 Å². The first kappa shape index (κ1) is 17.9. The molecule has 2 aromatic rings. The van der Waals surface area contributed by atoms with Gasteiger partial charge in [0.2, 0.25) is 0 Å². The minimum Gasteiger partial charge on any atom is -0.497 e. The molecule has 0 unspecified atom stereocenters. The van der Waals surface area contributed by atoms with Crippen LogP contribution in [0.4, 0.5) is 10.5 Å². The molecule has 0 aliphatic rings. The van der Waals surface area contributed by atoms with E-state index in [0.717, 1.165) is 6.42 Å². The largest absolute Gasteiger partial charge is 0.497 e. The van der Waals surface area contributed by atoms with Gasteiger partial charge in [0.25, 0.3) is 0 Å². The molecule has 0 heterocycles. The molecule has 0 aliphatic carbocycles. The Kier molecular flexibility index (Phi) is 5.85. The number of urea groups is 1. The maximum atomic E-state index is 12.2. The van der Waals surface area contributed by atoms with Gasteiger partial charge < -0.3 is 15.4 Å². The molecule has 128 valence electrons. The van der Waals surface area contributed by atoms with Gasteiger partial charge in [-0.15, -0.1) is 0 Å². The Morgan fingerprint density at radius 3 is 2.50 bits per heavy atom. The number of benzene rings is 2. The van der Waals surface area contributed by atoms with E-state index in [0.29, 0.717) is 11.4 Å². The Balaban J connectivity index is 1.91. The number of amides is 2. The molecule has 0 fully saturated rings. The van der Waals surface area contributed by atoms with E-state index in [2.05, 4.69) is 36.6 Å². The normalized spacial score (nSPS) is 12.3. The summed E-state index contributed by atoms with van der Waals surface area (Å²) in [5, 5.41) is 5.84. The average Bonchev–Trinajstić information content (AvgIpc) is 2.55. The van der Waals surface area contributed by atoms with Crippen LogP contribution >= 0.6 is 0 Å². The third-order valence-electron chi connectivity index (χ3n) is 4.08. The van der Waals surface area contributed by atoms with Gasteiger partial charge in [-0.2, -0.15) is 0 Å². The van der Waals surface area contributed by atoms with Gasteiger partial charge >= 0.3 is 6.03 Å². The summed E-state index contributed by atoms with van der Waals surface area (Å²) in [5.41, 5.74) is 1.97. The lowest BCUT2D eigenvalue weighted by Gasteiger charge is -2.29. The number of hydrogen-bond acceptors (Lipinski definition) is 2. The van der Waals surface area contributed by atoms with Gasteiger partial charge in [0.1, 0.15) is 5.75 Å². The highest BCUT2D eigenvalue weighted by Gasteiger charge is 2.24. The molecule has 4 heteroatoms. The molecule has 4 nitrogen and oxygen atoms in total. The van der Waals surface area contributed by atoms with Crippen molar-refractivity contribution in [1.29, 1.82) is 0 Å². The fraction of sp³-hybridized carbons (Fsp3) is 0.350. The standard InChI is InChI=1S/C20H26N2O2/c1-15(14-20(2,3)16-9-6-5-7-10-16)21-19(23)22-17-11-8-12-18(13-17)24-4/h5-13,15H,14H2,1-4H3,(H2,21,22,23)/t15-/m0/s1. The molecule has 0 saturated heterocycles. The molecule has 0 bridgehead atoms. The molecule has 1 atom stereocenters. The lowest BCUT2D eigenvalue weighted by molar-refractivity contribution is 0.246. The van der Waals surface area contributed by atoms with Crippen LogP contribution in [-0.2, 0) is 5.41 Å². The summed E-state index contributed by atoms with van der Waals surface area (Å²) in [7, 11) is 1.60. The zero-order valence-corrected chi connectivity index (χ0v) is 14.8. The lowest BCUT2D eigenvalue weighted by Crippen LogP contribution is -2.39. The number of hydrogen-bond donors (Lipinski definition) is 2. The van der Waals surface area contributed by atoms with Crippen molar-refractivity contribution in [1.82, 2.24) is 5.32 Å². The first-order valence-electron chi connectivity index (χ1n) is 8.18. The van der Waals surface area contributed by atoms with Crippen molar-refractivity contribution in [3.8, 4) is 5.75 Å². The third-order valence-corrected chi connectivity index (χ3v) is 4.08. The summed E-state index contributed by atoms with van der Waals surface area (Å²) in [4.78, 5) is 12.2. The van der Waals surface area contributed by atoms with Crippen LogP contribution in [0.5, 0.6) is 5.75 Å². The van der Waals surface area contributed by atoms with Crippen LogP contribution in [0.25, 0.3) is 0 Å². The van der Waals surface area contributed by atoms with Gasteiger partial charge in [-0.3, -0.25) is 0 Å². The second-order valence-electron chi connectivity index (χ2n) is 6.69. The Bertz CT molecular complexity index is 668. The molecule has 0 radical (unpaired) electrons. The number of methoxy groups -OCH3 is 1. The van der Waals surface area contributed by atoms with Crippen molar-refractivity contribution in [2.45, 2.75) is 38.6 Å². The maximum Gasteiger partial charge on any atom is 0.319 e. The van der Waals surface area contributed by atoms with Crippen molar-refractivity contribution < 1.29 is 9.53 Å². The van der Waals surface area contributed by atoms with Crippen LogP contribution in [-0.4, -0.2) is 19.2 Å². The summed E-state index contributed by atoms with van der Waals surface area (Å²) in [5.74, 6) is 0.714. The van der Waals surface area contributed by atoms with Crippen molar-refractivity contribution in [2.24, 2.45) is 0 Å². The zero-order chi connectivity index (χ0) is 17.6. The lowest BCUT2D eigenvalue weighted by atomic mass is 9.79. The van der Waals surface area contributed by atoms with Crippen LogP contribution in [0.3, 0.4) is 0 Å². The molecule has 0 saturated carbocycles. The fourth-order valence-corrected chi connectivity index (χ4v) is 2.92. The maximum absolute atomic E-state index is 12.2. The minimum absolute atomic E-state index is 0.01000. The molecular weight excluding hydrogens is 300 g/mol. The molecule has 2 amide bonds. The van der Waals surface area contributed by atoms with Gasteiger partial charge in [-0.25, -0.2) is 4.79 Å². The van der Waals surface area contributed by atoms with E-state index in [4.69, 9.17) is 4.74 Å². The van der Waals surface area contributed by atoms with E-state index in [9.17, 15) is 4.79 Å². The van der Waals surface area contributed by atoms with E-state index in [1.807, 2.05) is 43.3 Å². The van der Waals surface area contributed by atoms with Crippen molar-refractivity contribution in [2.75, 3.05) is 12.4 Å². The van der Waals surface area contributed by atoms with Gasteiger partial charge in [-0.1, -0.05) is 50.2 Å². The number of ether oxygens (including phenoxy) is 1. The summed E-state index contributed by atoms with van der Waals surface area (Å²) >= 11 is 0. The van der Waals surface area contributed by atoms with E-state index in [1.54, 1.807) is 13.2 Å². The molecule has 0 aromatic heterocycles. The molecule has 2 aromatic carbocycles. The Morgan fingerprint density at radius 2 is 1.83 bits per heavy atom. The highest BCUT2D eigenvalue weighted by atomic mass is 16.5. The number of nitrogens with one attached hydrogen (secondary N) is 2. The molecule has 0 aliphatic heterocycles. The Labute approximate surface area is 144 Å². The minimum atomic E-state index is -0.209. The summed E-state index contributed by atoms with van der Waals surface area (Å²) in [6, 6.07) is 17.5. The molecule has 2 N–H and O–H groups in total. The van der Waals surface area contributed by atoms with Crippen molar-refractivity contribution in [3.63, 3.8) is 0 Å². The second kappa shape index (κ2) is 7.86. The topological polar surface area (TPSA) is 50.4 Å². The van der Waals surface area contributed by atoms with E-state index < -0.39 is 0 Å². The predicted molar refractivity (Wildman–Crippen MR) is 98.7 cm³/mol. The quantitative estimate of drug-likeness (QED) is 0.817. The van der Waals surface area contributed by atoms with E-state index >= 15 is 0 Å². The van der Waals surface area contributed by atoms with Crippen LogP contribution in [0.1, 0.15) is 32.8 Å². The number of anilines is 1. The smallest absolute Gasteiger partial charge is 0.319 e. The highest BCUT2D eigenvalue weighted by molar-refractivity contribution is 5.89. The SMILES string of the molecule is COc1cccc(NC(=O)N[C@@H](C)CC(C)(C)c2ccccc2)c1. The summed E-state index contributed by atoms with van der Waals surface area (Å²) < 4.78 is 5.16. The van der Waals surface area contributed by atoms with Gasteiger partial charge in [0.05, 0.1) is 7.11 Å². The summed E-state index contributed by atoms with van der Waals surface area (Å²) in [6.45, 7) is 6.41. The number of carbonyl (C=O) groups is 1. The second-order valence-corrected chi connectivity index (χ2v) is 6.69. The molecular formula is C20H26N2O2. The van der Waals surface area contributed by atoms with Gasteiger partial charge in [0.15, 0.2) is 0 Å². The van der Waals surface area contributed by atoms with Crippen LogP contribution in [0.15, 0.2) is 54.6 Å². The highest BCUT2D eigenvalue weighted by Crippen LogP contribution is 2.28. The molecule has 0 spiro atoms. The Morgan fingerprint density at radius 1 is 1.12 bits per heavy atom. The number of carbonyl (C=O) groups excluding carboxylic acids is 1. The third kappa shape index (κ3) is 5.01. The van der Waals surface area contributed by atoms with Crippen LogP contribution in [0.2, 0.25) is 0 Å². The molecule has 24 heavy (non-hydrogen) atoms. The van der Waals surface area contributed by atoms with E-state index in [1.165, 1.54) is 5.56 Å². The monoisotopic (exact) mass is 326 g/mol. The van der Waals surface area contributed by atoms with Crippen LogP contribution in [0, 0.1) is 0 Å². The first-order valence-corrected chi connectivity index (χ1v) is 8.18. The first-order chi connectivity index (χ1) is 11.4. The number of rotatable bonds is 6. The molecule has 2 rings (SSSR count). The zero-order valence-electron chi connectivity index (χ0n) is 14.8. The average molecular weight is 326 g/mol. The van der Waals surface area contributed by atoms with E-state index in [-0.39, 0.29) is 17.5 Å². The van der Waals surface area contributed by atoms with Crippen molar-refractivity contribution in [3.05, 3.63) is 60.2 Å². The fourth-order valence-electron chi connectivity index (χ4n) is 2.92. The van der Waals surface area contributed by atoms with Gasteiger partial charge in [-0.05, 0) is 36.5 Å². The summed E-state index contributed by atoms with van der Waals surface area (Å²) in [6.07, 6.45) is 0.850. The predicted octanol–water partition coefficient (Wildman–Crippen LogP) is 4.57. The Hall–Kier alpha value is -2.49. The van der Waals surface area contributed by atoms with Crippen molar-refractivity contribution >= 4 is 11.7 Å². The van der Waals surface area contributed by atoms with Gasteiger partial charge in [0, 0.05) is 17.8 Å².